The lowest BCUT2D eigenvalue weighted by molar-refractivity contribution is -0.143. The van der Waals surface area contributed by atoms with Crippen molar-refractivity contribution in [2.24, 2.45) is 35.5 Å². The zero-order valence-electron chi connectivity index (χ0n) is 45.9. The highest BCUT2D eigenvalue weighted by Crippen LogP contribution is 2.41. The molecule has 0 saturated heterocycles. The lowest BCUT2D eigenvalue weighted by Crippen LogP contribution is -2.45. The van der Waals surface area contributed by atoms with E-state index >= 15 is 0 Å². The molecule has 15 heteroatoms. The van der Waals surface area contributed by atoms with Crippen molar-refractivity contribution in [2.45, 2.75) is 170 Å². The van der Waals surface area contributed by atoms with Crippen molar-refractivity contribution in [3.8, 4) is 0 Å². The Kier molecular flexibility index (Phi) is 19.7. The third kappa shape index (κ3) is 16.0. The predicted octanol–water partition coefficient (Wildman–Crippen LogP) is 13.8. The van der Waals surface area contributed by atoms with Crippen LogP contribution in [-0.2, 0) is 31.9 Å². The summed E-state index contributed by atoms with van der Waals surface area (Å²) in [6.45, 7) is 23.3. The SMILES string of the molecule is CC(C)CC1NCCc2c1[nH]c1ccc(Cl)cc21.CC(C)CC1c2[nH]c3ccc(Cl)cc3c2CCN1C(=O)C1CCC(CN(C)C(=O)OC(C)(C)C)CC1.CN(CC1CCC(C(=O)O)CC1)C(=O)OC(C)(C)C. The highest BCUT2D eigenvalue weighted by atomic mass is 35.5. The van der Waals surface area contributed by atoms with Gasteiger partial charge in [-0.15, -0.1) is 0 Å². The van der Waals surface area contributed by atoms with Gasteiger partial charge in [0.15, 0.2) is 0 Å². The van der Waals surface area contributed by atoms with E-state index in [2.05, 4.69) is 60.0 Å². The van der Waals surface area contributed by atoms with Crippen molar-refractivity contribution in [2.75, 3.05) is 40.3 Å². The van der Waals surface area contributed by atoms with Gasteiger partial charge >= 0.3 is 18.2 Å². The molecule has 404 valence electrons. The standard InChI is InChI=1S/C29H42ClN3O3.C15H19ClN2.C14H25NO4/c1-18(2)15-25-26-22(23-16-21(30)11-12-24(23)31-26)13-14-33(25)27(34)20-9-7-19(8-10-20)17-32(6)28(35)36-29(3,4)5;1-9(2)7-14-15-11(5-6-17-14)12-8-10(16)3-4-13(12)18-15;1-14(2,3)19-13(18)15(4)9-10-5-7-11(8-6-10)12(16)17/h11-12,16,18-20,25,31H,7-10,13-15,17H2,1-6H3;3-4,8-9,14,17-18H,5-7H2,1-2H3;10-11H,5-9H2,1-4H3,(H,16,17). The maximum atomic E-state index is 13.8. The molecule has 2 saturated carbocycles. The van der Waals surface area contributed by atoms with Crippen molar-refractivity contribution < 1.29 is 33.8 Å². The number of nitrogens with zero attached hydrogens (tertiary/aromatic N) is 3. The molecule has 0 radical (unpaired) electrons. The number of ether oxygens (including phenoxy) is 2. The van der Waals surface area contributed by atoms with E-state index in [4.69, 9.17) is 37.8 Å². The summed E-state index contributed by atoms with van der Waals surface area (Å²) >= 11 is 12.4. The van der Waals surface area contributed by atoms with E-state index in [1.807, 2.05) is 65.8 Å². The Balaban J connectivity index is 0.000000197. The molecule has 4 aliphatic rings. The summed E-state index contributed by atoms with van der Waals surface area (Å²) in [6, 6.07) is 12.7. The molecule has 13 nitrogen and oxygen atoms in total. The van der Waals surface area contributed by atoms with Gasteiger partial charge in [-0.25, -0.2) is 9.59 Å². The fraction of sp³-hybridized carbons (Fsp3) is 0.655. The van der Waals surface area contributed by atoms with Crippen molar-refractivity contribution in [3.63, 3.8) is 0 Å². The maximum absolute atomic E-state index is 13.8. The van der Waals surface area contributed by atoms with Crippen LogP contribution in [0.15, 0.2) is 36.4 Å². The fourth-order valence-corrected chi connectivity index (χ4v) is 11.6. The molecule has 2 aliphatic carbocycles. The van der Waals surface area contributed by atoms with E-state index in [0.717, 1.165) is 86.4 Å². The maximum Gasteiger partial charge on any atom is 0.410 e. The second-order valence-corrected chi connectivity index (χ2v) is 25.1. The zero-order chi connectivity index (χ0) is 53.5. The van der Waals surface area contributed by atoms with Crippen LogP contribution >= 0.6 is 23.2 Å². The van der Waals surface area contributed by atoms with E-state index in [1.165, 1.54) is 45.2 Å². The minimum atomic E-state index is -0.695. The molecule has 2 aromatic heterocycles. The minimum Gasteiger partial charge on any atom is -0.481 e. The number of H-pyrrole nitrogens is 2. The lowest BCUT2D eigenvalue weighted by Gasteiger charge is -2.40. The largest absolute Gasteiger partial charge is 0.481 e. The molecule has 2 aromatic carbocycles. The van der Waals surface area contributed by atoms with Crippen molar-refractivity contribution in [1.82, 2.24) is 30.0 Å². The van der Waals surface area contributed by atoms with Gasteiger partial charge in [-0.05, 0) is 196 Å². The van der Waals surface area contributed by atoms with Crippen LogP contribution < -0.4 is 5.32 Å². The van der Waals surface area contributed by atoms with Gasteiger partial charge in [0, 0.05) is 88.9 Å². The van der Waals surface area contributed by atoms with Crippen molar-refractivity contribution in [1.29, 1.82) is 0 Å². The predicted molar refractivity (Wildman–Crippen MR) is 294 cm³/mol. The van der Waals surface area contributed by atoms with Gasteiger partial charge in [0.2, 0.25) is 5.91 Å². The summed E-state index contributed by atoms with van der Waals surface area (Å²) < 4.78 is 10.8. The molecule has 2 atom stereocenters. The van der Waals surface area contributed by atoms with Gasteiger partial charge in [0.25, 0.3) is 0 Å². The van der Waals surface area contributed by atoms with Crippen LogP contribution in [0.4, 0.5) is 9.59 Å². The van der Waals surface area contributed by atoms with Crippen LogP contribution in [0, 0.1) is 35.5 Å². The second kappa shape index (κ2) is 24.9. The van der Waals surface area contributed by atoms with Gasteiger partial charge in [0.05, 0.1) is 12.0 Å². The molecular formula is C58H86Cl2N6O7. The van der Waals surface area contributed by atoms with Gasteiger partial charge in [-0.2, -0.15) is 0 Å². The monoisotopic (exact) mass is 1050 g/mol. The molecule has 2 aliphatic heterocycles. The number of carboxylic acids is 1. The number of carbonyl (C=O) groups excluding carboxylic acids is 3. The number of hydrogen-bond acceptors (Lipinski definition) is 7. The van der Waals surface area contributed by atoms with Gasteiger partial charge in [0.1, 0.15) is 11.2 Å². The minimum absolute atomic E-state index is 0.0584. The van der Waals surface area contributed by atoms with E-state index in [9.17, 15) is 19.2 Å². The van der Waals surface area contributed by atoms with Crippen molar-refractivity contribution >= 4 is 69.1 Å². The zero-order valence-corrected chi connectivity index (χ0v) is 47.4. The highest BCUT2D eigenvalue weighted by molar-refractivity contribution is 6.31. The van der Waals surface area contributed by atoms with Crippen LogP contribution in [0.25, 0.3) is 21.8 Å². The molecule has 73 heavy (non-hydrogen) atoms. The summed E-state index contributed by atoms with van der Waals surface area (Å²) in [5.41, 5.74) is 6.66. The summed E-state index contributed by atoms with van der Waals surface area (Å²) in [4.78, 5) is 61.5. The molecule has 3 amide bonds. The third-order valence-corrected chi connectivity index (χ3v) is 15.3. The Morgan fingerprint density at radius 2 is 1.12 bits per heavy atom. The number of carboxylic acid groups (broad SMARTS) is 1. The Hall–Kier alpha value is -4.46. The molecule has 2 fully saturated rings. The molecule has 4 aromatic rings. The normalized spacial score (nSPS) is 22.1. The number of aromatic nitrogens is 2. The molecule has 8 rings (SSSR count). The first-order valence-corrected chi connectivity index (χ1v) is 27.8. The van der Waals surface area contributed by atoms with Crippen LogP contribution in [0.2, 0.25) is 10.0 Å². The second-order valence-electron chi connectivity index (χ2n) is 24.2. The van der Waals surface area contributed by atoms with Crippen LogP contribution in [0.1, 0.15) is 168 Å². The van der Waals surface area contributed by atoms with Crippen LogP contribution in [-0.4, -0.2) is 105 Å². The number of amides is 3. The Morgan fingerprint density at radius 3 is 1.58 bits per heavy atom. The number of nitrogens with one attached hydrogen (secondary N) is 3. The first-order chi connectivity index (χ1) is 34.3. The van der Waals surface area contributed by atoms with Crippen LogP contribution in [0.5, 0.6) is 0 Å². The summed E-state index contributed by atoms with van der Waals surface area (Å²) in [6.07, 6.45) is 10.3. The van der Waals surface area contributed by atoms with Crippen molar-refractivity contribution in [3.05, 3.63) is 69.0 Å². The number of hydrogen-bond donors (Lipinski definition) is 4. The molecule has 2 unspecified atom stereocenters. The number of aromatic amines is 2. The average Bonchev–Trinajstić information content (AvgIpc) is 3.87. The quantitative estimate of drug-likeness (QED) is 0.122. The molecule has 0 spiro atoms. The average molecular weight is 1050 g/mol. The number of rotatable bonds is 10. The number of benzene rings is 2. The first-order valence-electron chi connectivity index (χ1n) is 27.0. The first kappa shape index (κ1) is 57.8. The number of fused-ring (bicyclic) bond motifs is 6. The number of halogens is 2. The molecule has 4 N–H and O–H groups in total. The smallest absolute Gasteiger partial charge is 0.410 e. The van der Waals surface area contributed by atoms with Gasteiger partial charge < -0.3 is 44.6 Å². The molecule has 0 bridgehead atoms. The molecular weight excluding hydrogens is 964 g/mol. The third-order valence-electron chi connectivity index (χ3n) is 14.8. The number of aliphatic carboxylic acids is 1. The number of carbonyl (C=O) groups is 4. The van der Waals surface area contributed by atoms with Gasteiger partial charge in [-0.1, -0.05) is 50.9 Å². The summed E-state index contributed by atoms with van der Waals surface area (Å²) in [7, 11) is 3.54. The van der Waals surface area contributed by atoms with E-state index in [-0.39, 0.29) is 30.1 Å². The topological polar surface area (TPSA) is 160 Å². The Morgan fingerprint density at radius 1 is 0.671 bits per heavy atom. The fourth-order valence-electron chi connectivity index (χ4n) is 11.3. The summed E-state index contributed by atoms with van der Waals surface area (Å²) in [5.74, 6) is 1.42. The van der Waals surface area contributed by atoms with E-state index in [0.29, 0.717) is 61.6 Å². The Bertz CT molecular complexity index is 2510. The van der Waals surface area contributed by atoms with E-state index in [1.54, 1.807) is 23.9 Å². The van der Waals surface area contributed by atoms with E-state index < -0.39 is 17.2 Å². The highest BCUT2D eigenvalue weighted by Gasteiger charge is 2.38. The Labute approximate surface area is 445 Å². The lowest BCUT2D eigenvalue weighted by atomic mass is 9.80. The summed E-state index contributed by atoms with van der Waals surface area (Å²) in [5, 5.41) is 16.6. The molecule has 4 heterocycles. The van der Waals surface area contributed by atoms with Crippen LogP contribution in [0.3, 0.4) is 0 Å². The van der Waals surface area contributed by atoms with Gasteiger partial charge in [-0.3, -0.25) is 9.59 Å².